The van der Waals surface area contributed by atoms with Crippen molar-refractivity contribution in [1.29, 1.82) is 0 Å². The molecule has 1 aliphatic rings. The monoisotopic (exact) mass is 219 g/mol. The summed E-state index contributed by atoms with van der Waals surface area (Å²) in [5.41, 5.74) is 2.26. The van der Waals surface area contributed by atoms with Crippen LogP contribution in [0, 0.1) is 5.92 Å². The SMILES string of the molecule is CC1CCCN(c2ccccc2C(C)O)C1. The van der Waals surface area contributed by atoms with Crippen molar-refractivity contribution in [2.75, 3.05) is 18.0 Å². The zero-order chi connectivity index (χ0) is 11.5. The molecule has 1 aromatic carbocycles. The molecule has 1 aliphatic heterocycles. The molecule has 0 saturated carbocycles. The van der Waals surface area contributed by atoms with Gasteiger partial charge < -0.3 is 10.0 Å². The average molecular weight is 219 g/mol. The van der Waals surface area contributed by atoms with E-state index in [4.69, 9.17) is 0 Å². The van der Waals surface area contributed by atoms with Gasteiger partial charge in [0, 0.05) is 24.3 Å². The highest BCUT2D eigenvalue weighted by Gasteiger charge is 2.19. The van der Waals surface area contributed by atoms with Crippen LogP contribution in [0.2, 0.25) is 0 Å². The molecule has 1 N–H and O–H groups in total. The lowest BCUT2D eigenvalue weighted by Crippen LogP contribution is -2.34. The number of piperidine rings is 1. The molecule has 2 rings (SSSR count). The van der Waals surface area contributed by atoms with E-state index in [1.165, 1.54) is 18.5 Å². The second-order valence-corrected chi connectivity index (χ2v) is 4.93. The Morgan fingerprint density at radius 1 is 1.38 bits per heavy atom. The summed E-state index contributed by atoms with van der Waals surface area (Å²) in [5.74, 6) is 0.760. The van der Waals surface area contributed by atoms with Gasteiger partial charge in [-0.2, -0.15) is 0 Å². The summed E-state index contributed by atoms with van der Waals surface area (Å²) in [5, 5.41) is 9.77. The largest absolute Gasteiger partial charge is 0.389 e. The van der Waals surface area contributed by atoms with Gasteiger partial charge >= 0.3 is 0 Å². The molecular formula is C14H21NO. The Morgan fingerprint density at radius 2 is 2.12 bits per heavy atom. The number of hydrogen-bond donors (Lipinski definition) is 1. The van der Waals surface area contributed by atoms with Crippen LogP contribution in [0.15, 0.2) is 24.3 Å². The predicted molar refractivity (Wildman–Crippen MR) is 67.7 cm³/mol. The van der Waals surface area contributed by atoms with Gasteiger partial charge in [0.2, 0.25) is 0 Å². The fraction of sp³-hybridized carbons (Fsp3) is 0.571. The maximum atomic E-state index is 9.77. The molecule has 88 valence electrons. The number of benzene rings is 1. The molecule has 0 aromatic heterocycles. The van der Waals surface area contributed by atoms with Gasteiger partial charge in [0.05, 0.1) is 6.10 Å². The zero-order valence-electron chi connectivity index (χ0n) is 10.2. The van der Waals surface area contributed by atoms with Crippen molar-refractivity contribution in [3.8, 4) is 0 Å². The second-order valence-electron chi connectivity index (χ2n) is 4.93. The molecule has 1 heterocycles. The molecular weight excluding hydrogens is 198 g/mol. The number of anilines is 1. The van der Waals surface area contributed by atoms with E-state index < -0.39 is 0 Å². The highest BCUT2D eigenvalue weighted by Crippen LogP contribution is 2.29. The molecule has 1 aromatic rings. The van der Waals surface area contributed by atoms with E-state index >= 15 is 0 Å². The van der Waals surface area contributed by atoms with Gasteiger partial charge in [-0.15, -0.1) is 0 Å². The van der Waals surface area contributed by atoms with Crippen LogP contribution >= 0.6 is 0 Å². The quantitative estimate of drug-likeness (QED) is 0.826. The first-order valence-electron chi connectivity index (χ1n) is 6.20. The van der Waals surface area contributed by atoms with Crippen LogP contribution in [-0.2, 0) is 0 Å². The second kappa shape index (κ2) is 4.88. The van der Waals surface area contributed by atoms with Gasteiger partial charge in [-0.25, -0.2) is 0 Å². The first-order valence-corrected chi connectivity index (χ1v) is 6.20. The van der Waals surface area contributed by atoms with Gasteiger partial charge in [-0.05, 0) is 31.7 Å². The summed E-state index contributed by atoms with van der Waals surface area (Å²) in [6.45, 7) is 6.38. The third-order valence-corrected chi connectivity index (χ3v) is 3.38. The van der Waals surface area contributed by atoms with E-state index in [2.05, 4.69) is 24.0 Å². The van der Waals surface area contributed by atoms with E-state index in [1.54, 1.807) is 0 Å². The molecule has 1 saturated heterocycles. The molecule has 2 nitrogen and oxygen atoms in total. The number of rotatable bonds is 2. The Hall–Kier alpha value is -1.02. The molecule has 0 aliphatic carbocycles. The summed E-state index contributed by atoms with van der Waals surface area (Å²) >= 11 is 0. The minimum absolute atomic E-state index is 0.381. The molecule has 2 unspecified atom stereocenters. The van der Waals surface area contributed by atoms with Crippen LogP contribution < -0.4 is 4.90 Å². The van der Waals surface area contributed by atoms with E-state index in [0.717, 1.165) is 24.6 Å². The van der Waals surface area contributed by atoms with Crippen molar-refractivity contribution in [2.45, 2.75) is 32.8 Å². The van der Waals surface area contributed by atoms with Crippen molar-refractivity contribution in [1.82, 2.24) is 0 Å². The predicted octanol–water partition coefficient (Wildman–Crippen LogP) is 2.98. The maximum Gasteiger partial charge on any atom is 0.0781 e. The molecule has 1 fully saturated rings. The number of aliphatic hydroxyl groups is 1. The van der Waals surface area contributed by atoms with Gasteiger partial charge in [-0.3, -0.25) is 0 Å². The topological polar surface area (TPSA) is 23.5 Å². The van der Waals surface area contributed by atoms with E-state index in [0.29, 0.717) is 0 Å². The number of nitrogens with zero attached hydrogens (tertiary/aromatic N) is 1. The number of para-hydroxylation sites is 1. The van der Waals surface area contributed by atoms with Gasteiger partial charge in [0.15, 0.2) is 0 Å². The van der Waals surface area contributed by atoms with Crippen molar-refractivity contribution in [3.63, 3.8) is 0 Å². The van der Waals surface area contributed by atoms with Gasteiger partial charge in [0.1, 0.15) is 0 Å². The number of hydrogen-bond acceptors (Lipinski definition) is 2. The fourth-order valence-corrected chi connectivity index (χ4v) is 2.54. The van der Waals surface area contributed by atoms with Crippen LogP contribution in [0.4, 0.5) is 5.69 Å². The Bertz CT molecular complexity index is 348. The van der Waals surface area contributed by atoms with Crippen molar-refractivity contribution >= 4 is 5.69 Å². The molecule has 0 radical (unpaired) electrons. The Labute approximate surface area is 97.9 Å². The maximum absolute atomic E-state index is 9.77. The summed E-state index contributed by atoms with van der Waals surface area (Å²) in [6, 6.07) is 8.21. The normalized spacial score (nSPS) is 23.2. The molecule has 0 bridgehead atoms. The van der Waals surface area contributed by atoms with E-state index in [1.807, 2.05) is 19.1 Å². The Morgan fingerprint density at radius 3 is 2.81 bits per heavy atom. The molecule has 2 heteroatoms. The minimum Gasteiger partial charge on any atom is -0.389 e. The fourth-order valence-electron chi connectivity index (χ4n) is 2.54. The highest BCUT2D eigenvalue weighted by atomic mass is 16.3. The summed E-state index contributed by atoms with van der Waals surface area (Å²) < 4.78 is 0. The van der Waals surface area contributed by atoms with Crippen molar-refractivity contribution < 1.29 is 5.11 Å². The Balaban J connectivity index is 2.25. The molecule has 0 spiro atoms. The lowest BCUT2D eigenvalue weighted by Gasteiger charge is -2.34. The van der Waals surface area contributed by atoms with Crippen LogP contribution in [0.25, 0.3) is 0 Å². The standard InChI is InChI=1S/C14H21NO/c1-11-6-5-9-15(10-11)14-8-4-3-7-13(14)12(2)16/h3-4,7-8,11-12,16H,5-6,9-10H2,1-2H3. The van der Waals surface area contributed by atoms with Gasteiger partial charge in [0.25, 0.3) is 0 Å². The van der Waals surface area contributed by atoms with Crippen LogP contribution in [0.5, 0.6) is 0 Å². The summed E-state index contributed by atoms with van der Waals surface area (Å²) in [7, 11) is 0. The zero-order valence-corrected chi connectivity index (χ0v) is 10.2. The first kappa shape index (κ1) is 11.5. The van der Waals surface area contributed by atoms with Crippen molar-refractivity contribution in [3.05, 3.63) is 29.8 Å². The summed E-state index contributed by atoms with van der Waals surface area (Å²) in [4.78, 5) is 2.41. The average Bonchev–Trinajstić information content (AvgIpc) is 2.29. The first-order chi connectivity index (χ1) is 7.68. The van der Waals surface area contributed by atoms with E-state index in [9.17, 15) is 5.11 Å². The number of aliphatic hydroxyl groups excluding tert-OH is 1. The van der Waals surface area contributed by atoms with Crippen LogP contribution in [-0.4, -0.2) is 18.2 Å². The smallest absolute Gasteiger partial charge is 0.0781 e. The van der Waals surface area contributed by atoms with Crippen LogP contribution in [0.3, 0.4) is 0 Å². The molecule has 16 heavy (non-hydrogen) atoms. The highest BCUT2D eigenvalue weighted by molar-refractivity contribution is 5.54. The lowest BCUT2D eigenvalue weighted by atomic mass is 9.98. The third-order valence-electron chi connectivity index (χ3n) is 3.38. The molecule has 2 atom stereocenters. The van der Waals surface area contributed by atoms with E-state index in [-0.39, 0.29) is 6.10 Å². The van der Waals surface area contributed by atoms with Gasteiger partial charge in [-0.1, -0.05) is 25.1 Å². The Kier molecular flexibility index (Phi) is 3.49. The lowest BCUT2D eigenvalue weighted by molar-refractivity contribution is 0.199. The third kappa shape index (κ3) is 2.38. The molecule has 0 amide bonds. The summed E-state index contributed by atoms with van der Waals surface area (Å²) in [6.07, 6.45) is 2.20. The minimum atomic E-state index is -0.381. The van der Waals surface area contributed by atoms with Crippen molar-refractivity contribution in [2.24, 2.45) is 5.92 Å². The van der Waals surface area contributed by atoms with Crippen LogP contribution in [0.1, 0.15) is 38.4 Å².